The lowest BCUT2D eigenvalue weighted by atomic mass is 10.1. The van der Waals surface area contributed by atoms with Crippen molar-refractivity contribution in [2.75, 3.05) is 6.54 Å². The van der Waals surface area contributed by atoms with Gasteiger partial charge in [0.05, 0.1) is 17.8 Å². The number of fused-ring (bicyclic) bond motifs is 1. The van der Waals surface area contributed by atoms with Crippen molar-refractivity contribution in [3.63, 3.8) is 0 Å². The molecule has 0 fully saturated rings. The third kappa shape index (κ3) is 3.51. The summed E-state index contributed by atoms with van der Waals surface area (Å²) >= 11 is 0. The lowest BCUT2D eigenvalue weighted by molar-refractivity contribution is 0.627. The van der Waals surface area contributed by atoms with Gasteiger partial charge in [-0.25, -0.2) is 4.39 Å². The third-order valence-corrected chi connectivity index (χ3v) is 6.42. The molecule has 1 aliphatic heterocycles. The first kappa shape index (κ1) is 18.6. The minimum absolute atomic E-state index is 0.257. The number of hydrogen-bond acceptors (Lipinski definition) is 2. The Hall–Kier alpha value is -2.76. The average molecular weight is 392 g/mol. The van der Waals surface area contributed by atoms with Gasteiger partial charge in [-0.2, -0.15) is 0 Å². The number of benzene rings is 2. The number of halogens is 1. The summed E-state index contributed by atoms with van der Waals surface area (Å²) in [6, 6.07) is 15.5. The topological polar surface area (TPSA) is 43.3 Å². The van der Waals surface area contributed by atoms with Gasteiger partial charge in [-0.3, -0.25) is 8.96 Å². The Bertz CT molecular complexity index is 1150. The quantitative estimate of drug-likeness (QED) is 0.599. The molecule has 0 amide bonds. The first-order chi connectivity index (χ1) is 13.6. The highest BCUT2D eigenvalue weighted by molar-refractivity contribution is 8.13. The van der Waals surface area contributed by atoms with E-state index in [1.54, 1.807) is 12.1 Å². The van der Waals surface area contributed by atoms with E-state index < -0.39 is 10.7 Å². The minimum atomic E-state index is -0.470. The minimum Gasteiger partial charge on any atom is -0.325 e. The Morgan fingerprint density at radius 3 is 2.68 bits per heavy atom. The number of aliphatic imine (C=N–C) groups is 1. The number of rotatable bonds is 5. The molecule has 0 bridgehead atoms. The lowest BCUT2D eigenvalue weighted by Gasteiger charge is -2.15. The second-order valence-electron chi connectivity index (χ2n) is 6.81. The fourth-order valence-corrected chi connectivity index (χ4v) is 4.81. The van der Waals surface area contributed by atoms with Gasteiger partial charge < -0.3 is 5.73 Å². The van der Waals surface area contributed by atoms with E-state index in [2.05, 4.69) is 27.0 Å². The van der Waals surface area contributed by atoms with Gasteiger partial charge in [0.1, 0.15) is 5.82 Å². The van der Waals surface area contributed by atoms with E-state index in [9.17, 15) is 4.39 Å². The van der Waals surface area contributed by atoms with E-state index in [0.29, 0.717) is 18.7 Å². The number of nitrogens with two attached hydrogens (primary N) is 1. The van der Waals surface area contributed by atoms with E-state index in [0.717, 1.165) is 27.2 Å². The summed E-state index contributed by atoms with van der Waals surface area (Å²) in [5, 5.41) is 0.834. The van der Waals surface area contributed by atoms with Crippen molar-refractivity contribution >= 4 is 39.2 Å². The van der Waals surface area contributed by atoms with E-state index >= 15 is 0 Å². The van der Waals surface area contributed by atoms with Crippen LogP contribution in [0.25, 0.3) is 17.0 Å². The van der Waals surface area contributed by atoms with Gasteiger partial charge in [0.25, 0.3) is 0 Å². The molecule has 2 N–H and O–H groups in total. The van der Waals surface area contributed by atoms with E-state index in [4.69, 9.17) is 5.73 Å². The molecule has 1 aromatic heterocycles. The van der Waals surface area contributed by atoms with Crippen LogP contribution in [0.4, 0.5) is 4.39 Å². The third-order valence-electron chi connectivity index (χ3n) is 4.73. The fourth-order valence-electron chi connectivity index (χ4n) is 3.33. The predicted octanol–water partition coefficient (Wildman–Crippen LogP) is 5.18. The van der Waals surface area contributed by atoms with E-state index in [1.807, 2.05) is 49.4 Å². The SMILES string of the molecule is C=S(c1ccccc1)n1c(CN)cc2cc(F)c(/C=C/C3=NCC(C)=C3)cc21. The maximum atomic E-state index is 14.7. The molecule has 0 radical (unpaired) electrons. The molecule has 3 nitrogen and oxygen atoms in total. The van der Waals surface area contributed by atoms with Gasteiger partial charge in [0, 0.05) is 28.1 Å². The van der Waals surface area contributed by atoms with Crippen molar-refractivity contribution in [1.29, 1.82) is 0 Å². The zero-order chi connectivity index (χ0) is 19.7. The molecular weight excluding hydrogens is 369 g/mol. The summed E-state index contributed by atoms with van der Waals surface area (Å²) in [5.41, 5.74) is 10.5. The van der Waals surface area contributed by atoms with Gasteiger partial charge >= 0.3 is 0 Å². The highest BCUT2D eigenvalue weighted by atomic mass is 32.2. The molecule has 3 aromatic rings. The summed E-state index contributed by atoms with van der Waals surface area (Å²) in [6.45, 7) is 3.12. The van der Waals surface area contributed by atoms with Crippen LogP contribution in [0.2, 0.25) is 0 Å². The second kappa shape index (κ2) is 7.70. The Labute approximate surface area is 166 Å². The highest BCUT2D eigenvalue weighted by Gasteiger charge is 2.14. The molecular formula is C23H22FN3S. The first-order valence-corrected chi connectivity index (χ1v) is 10.4. The van der Waals surface area contributed by atoms with Crippen molar-refractivity contribution < 1.29 is 4.39 Å². The van der Waals surface area contributed by atoms with Gasteiger partial charge in [0.15, 0.2) is 0 Å². The van der Waals surface area contributed by atoms with Crippen LogP contribution in [-0.2, 0) is 6.54 Å². The maximum Gasteiger partial charge on any atom is 0.131 e. The molecule has 0 saturated carbocycles. The van der Waals surface area contributed by atoms with Crippen LogP contribution in [0.15, 0.2) is 76.1 Å². The zero-order valence-corrected chi connectivity index (χ0v) is 16.5. The van der Waals surface area contributed by atoms with Gasteiger partial charge in [-0.05, 0) is 61.1 Å². The standard InChI is InChI=1S/C23H22FN3S/c1-16-10-19(26-15-16)9-8-17-13-23-18(12-22(17)24)11-20(14-25)27(23)28(2)21-6-4-3-5-7-21/h3-13H,2,14-15,25H2,1H3/b9-8+. The smallest absolute Gasteiger partial charge is 0.131 e. The summed E-state index contributed by atoms with van der Waals surface area (Å²) in [5.74, 6) is 4.12. The van der Waals surface area contributed by atoms with Gasteiger partial charge in [-0.1, -0.05) is 34.7 Å². The zero-order valence-electron chi connectivity index (χ0n) is 15.7. The van der Waals surface area contributed by atoms with Crippen LogP contribution in [-0.4, -0.2) is 22.1 Å². The molecule has 5 heteroatoms. The normalized spacial score (nSPS) is 15.2. The molecule has 0 saturated heterocycles. The highest BCUT2D eigenvalue weighted by Crippen LogP contribution is 2.35. The van der Waals surface area contributed by atoms with Crippen LogP contribution < -0.4 is 5.73 Å². The largest absolute Gasteiger partial charge is 0.325 e. The second-order valence-corrected chi connectivity index (χ2v) is 8.38. The van der Waals surface area contributed by atoms with Crippen molar-refractivity contribution in [1.82, 2.24) is 3.97 Å². The molecule has 2 aromatic carbocycles. The van der Waals surface area contributed by atoms with Crippen molar-refractivity contribution in [2.24, 2.45) is 10.7 Å². The Morgan fingerprint density at radius 1 is 1.21 bits per heavy atom. The summed E-state index contributed by atoms with van der Waals surface area (Å²) < 4.78 is 16.8. The van der Waals surface area contributed by atoms with Crippen LogP contribution in [0.3, 0.4) is 0 Å². The molecule has 4 rings (SSSR count). The van der Waals surface area contributed by atoms with Crippen LogP contribution in [0.1, 0.15) is 18.2 Å². The Balaban J connectivity index is 1.81. The summed E-state index contributed by atoms with van der Waals surface area (Å²) in [4.78, 5) is 5.52. The first-order valence-electron chi connectivity index (χ1n) is 9.10. The molecule has 1 aliphatic rings. The molecule has 28 heavy (non-hydrogen) atoms. The summed E-state index contributed by atoms with van der Waals surface area (Å²) in [6.07, 6.45) is 5.66. The number of aromatic nitrogens is 1. The molecule has 1 atom stereocenters. The van der Waals surface area contributed by atoms with Crippen LogP contribution in [0, 0.1) is 5.82 Å². The molecule has 0 spiro atoms. The van der Waals surface area contributed by atoms with Gasteiger partial charge in [0.2, 0.25) is 0 Å². The average Bonchev–Trinajstić information content (AvgIpc) is 3.28. The van der Waals surface area contributed by atoms with E-state index in [1.165, 1.54) is 5.57 Å². The number of allylic oxidation sites excluding steroid dienone is 2. The molecule has 2 heterocycles. The number of hydrogen-bond donors (Lipinski definition) is 1. The monoisotopic (exact) mass is 391 g/mol. The Morgan fingerprint density at radius 2 is 2.00 bits per heavy atom. The van der Waals surface area contributed by atoms with Crippen molar-refractivity contribution in [2.45, 2.75) is 18.4 Å². The number of nitrogens with zero attached hydrogens (tertiary/aromatic N) is 2. The fraction of sp³-hybridized carbons (Fsp3) is 0.130. The van der Waals surface area contributed by atoms with Crippen molar-refractivity contribution in [3.05, 3.63) is 83.3 Å². The lowest BCUT2D eigenvalue weighted by Crippen LogP contribution is -2.03. The molecule has 0 aliphatic carbocycles. The van der Waals surface area contributed by atoms with Crippen molar-refractivity contribution in [3.8, 4) is 0 Å². The predicted molar refractivity (Wildman–Crippen MR) is 120 cm³/mol. The van der Waals surface area contributed by atoms with Gasteiger partial charge in [-0.15, -0.1) is 0 Å². The van der Waals surface area contributed by atoms with Crippen LogP contribution in [0.5, 0.6) is 0 Å². The summed E-state index contributed by atoms with van der Waals surface area (Å²) in [7, 11) is -0.470. The van der Waals surface area contributed by atoms with Crippen LogP contribution >= 0.6 is 10.7 Å². The molecule has 1 unspecified atom stereocenters. The molecule has 142 valence electrons. The van der Waals surface area contributed by atoms with E-state index in [-0.39, 0.29) is 5.82 Å². The maximum absolute atomic E-state index is 14.7. The Kier molecular flexibility index (Phi) is 5.11.